The monoisotopic (exact) mass is 508 g/mol. The van der Waals surface area contributed by atoms with Crippen LogP contribution in [0, 0.1) is 5.82 Å². The van der Waals surface area contributed by atoms with Crippen LogP contribution in [0.4, 0.5) is 20.9 Å². The maximum absolute atomic E-state index is 13.8. The van der Waals surface area contributed by atoms with Gasteiger partial charge in [0.05, 0.1) is 9.92 Å². The Morgan fingerprint density at radius 1 is 1.21 bits per heavy atom. The normalized spacial score (nSPS) is 18.2. The Labute approximate surface area is 201 Å². The van der Waals surface area contributed by atoms with Gasteiger partial charge in [-0.25, -0.2) is 22.1 Å². The van der Waals surface area contributed by atoms with Crippen molar-refractivity contribution in [2.75, 3.05) is 34.2 Å². The summed E-state index contributed by atoms with van der Waals surface area (Å²) in [5.41, 5.74) is 2.17. The van der Waals surface area contributed by atoms with Crippen molar-refractivity contribution in [1.29, 1.82) is 0 Å². The van der Waals surface area contributed by atoms with E-state index in [-0.39, 0.29) is 23.3 Å². The Bertz CT molecular complexity index is 1320. The molecule has 2 aliphatic rings. The van der Waals surface area contributed by atoms with Crippen LogP contribution in [0.25, 0.3) is 0 Å². The number of sulfonamides is 1. The topological polar surface area (TPSA) is 73.8 Å². The van der Waals surface area contributed by atoms with Crippen LogP contribution in [0.3, 0.4) is 0 Å². The summed E-state index contributed by atoms with van der Waals surface area (Å²) in [4.78, 5) is 21.1. The van der Waals surface area contributed by atoms with Crippen LogP contribution in [-0.4, -0.2) is 45.5 Å². The zero-order valence-electron chi connectivity index (χ0n) is 17.6. The van der Waals surface area contributed by atoms with Crippen molar-refractivity contribution in [2.45, 2.75) is 23.8 Å². The zero-order chi connectivity index (χ0) is 23.3. The minimum Gasteiger partial charge on any atom is -0.359 e. The van der Waals surface area contributed by atoms with Gasteiger partial charge in [0.2, 0.25) is 5.91 Å². The number of carbonyl (C=O) groups is 1. The van der Waals surface area contributed by atoms with Gasteiger partial charge in [-0.3, -0.25) is 4.79 Å². The summed E-state index contributed by atoms with van der Waals surface area (Å²) in [5, 5.41) is 2.21. The van der Waals surface area contributed by atoms with Gasteiger partial charge < -0.3 is 9.80 Å². The van der Waals surface area contributed by atoms with E-state index < -0.39 is 15.8 Å². The maximum atomic E-state index is 13.8. The van der Waals surface area contributed by atoms with E-state index in [1.54, 1.807) is 34.7 Å². The Hall–Kier alpha value is -2.69. The fraction of sp³-hybridized carbons (Fsp3) is 0.273. The number of fused-ring (bicyclic) bond motifs is 1. The first-order valence-corrected chi connectivity index (χ1v) is 13.0. The highest BCUT2D eigenvalue weighted by Gasteiger charge is 2.40. The van der Waals surface area contributed by atoms with Crippen LogP contribution in [0.5, 0.6) is 0 Å². The Balaban J connectivity index is 0.00000274. The van der Waals surface area contributed by atoms with Crippen molar-refractivity contribution in [1.82, 2.24) is 4.98 Å². The molecule has 0 saturated carbocycles. The fourth-order valence-corrected chi connectivity index (χ4v) is 6.65. The third-order valence-corrected chi connectivity index (χ3v) is 9.27. The molecule has 0 radical (unpaired) electrons. The number of thiazole rings is 1. The Morgan fingerprint density at radius 3 is 2.67 bits per heavy atom. The van der Waals surface area contributed by atoms with Gasteiger partial charge in [-0.05, 0) is 54.8 Å². The quantitative estimate of drug-likeness (QED) is 0.517. The molecule has 0 aliphatic carbocycles. The molecule has 5 rings (SSSR count). The number of benzene rings is 2. The second kappa shape index (κ2) is 8.27. The average Bonchev–Trinajstić information content (AvgIpc) is 3.56. The van der Waals surface area contributed by atoms with Gasteiger partial charge in [-0.2, -0.15) is 0 Å². The summed E-state index contributed by atoms with van der Waals surface area (Å²) in [6.45, 7) is 1.11. The van der Waals surface area contributed by atoms with Crippen LogP contribution in [0.2, 0.25) is 5.02 Å². The molecule has 0 unspecified atom stereocenters. The molecule has 11 heteroatoms. The van der Waals surface area contributed by atoms with Crippen molar-refractivity contribution < 1.29 is 19.0 Å². The summed E-state index contributed by atoms with van der Waals surface area (Å²) in [5.74, 6) is -0.522. The lowest BCUT2D eigenvalue weighted by Crippen LogP contribution is -2.41. The molecule has 1 saturated heterocycles. The zero-order valence-corrected chi connectivity index (χ0v) is 20.0. The SMILES string of the molecule is CN(c1nccs1)S(=O)(=O)c1ccc(N2CC[C@H](N3CCc4c3ccc(F)c4Cl)C2=O)cc1.[HH]. The van der Waals surface area contributed by atoms with E-state index in [1.165, 1.54) is 36.6 Å². The highest BCUT2D eigenvalue weighted by atomic mass is 35.5. The van der Waals surface area contributed by atoms with E-state index in [9.17, 15) is 17.6 Å². The van der Waals surface area contributed by atoms with Crippen molar-refractivity contribution in [3.63, 3.8) is 0 Å². The summed E-state index contributed by atoms with van der Waals surface area (Å²) in [6, 6.07) is 8.94. The molecule has 3 heterocycles. The third-order valence-electron chi connectivity index (χ3n) is 6.13. The molecule has 174 valence electrons. The fourth-order valence-electron chi connectivity index (χ4n) is 4.41. The Kier molecular flexibility index (Phi) is 5.54. The van der Waals surface area contributed by atoms with Crippen LogP contribution >= 0.6 is 22.9 Å². The molecule has 1 aromatic heterocycles. The standard InChI is InChI=1S/C22H20ClFN4O3S2.H2/c1-26(22-25-10-13-32-22)33(30,31)15-4-2-14(3-5-15)27-12-9-19(21(27)29)28-11-8-16-18(28)7-6-17(24)20(16)23;/h2-7,10,13,19H,8-9,11-12H2,1H3;1H/t19-;/m0./s1. The molecule has 7 nitrogen and oxygen atoms in total. The number of anilines is 3. The summed E-state index contributed by atoms with van der Waals surface area (Å²) in [6.07, 6.45) is 2.75. The predicted molar refractivity (Wildman–Crippen MR) is 129 cm³/mol. The van der Waals surface area contributed by atoms with Crippen molar-refractivity contribution in [3.8, 4) is 0 Å². The van der Waals surface area contributed by atoms with E-state index >= 15 is 0 Å². The minimum atomic E-state index is -3.75. The number of amides is 1. The summed E-state index contributed by atoms with van der Waals surface area (Å²) in [7, 11) is -2.29. The van der Waals surface area contributed by atoms with Crippen LogP contribution in [-0.2, 0) is 21.2 Å². The average molecular weight is 509 g/mol. The van der Waals surface area contributed by atoms with E-state index in [0.29, 0.717) is 36.8 Å². The van der Waals surface area contributed by atoms with Crippen molar-refractivity contribution >= 4 is 55.4 Å². The van der Waals surface area contributed by atoms with Gasteiger partial charge in [0, 0.05) is 44.5 Å². The maximum Gasteiger partial charge on any atom is 0.265 e. The van der Waals surface area contributed by atoms with Crippen LogP contribution in [0.1, 0.15) is 13.4 Å². The second-order valence-electron chi connectivity index (χ2n) is 7.88. The lowest BCUT2D eigenvalue weighted by molar-refractivity contribution is -0.118. The molecule has 1 atom stereocenters. The number of aromatic nitrogens is 1. The first-order chi connectivity index (χ1) is 15.8. The number of nitrogens with zero attached hydrogens (tertiary/aromatic N) is 4. The smallest absolute Gasteiger partial charge is 0.265 e. The first kappa shape index (κ1) is 22.1. The van der Waals surface area contributed by atoms with Gasteiger partial charge in [-0.15, -0.1) is 11.3 Å². The van der Waals surface area contributed by atoms with Crippen LogP contribution in [0.15, 0.2) is 52.9 Å². The molecule has 3 aromatic rings. The van der Waals surface area contributed by atoms with Crippen LogP contribution < -0.4 is 14.1 Å². The number of hydrogen-bond acceptors (Lipinski definition) is 6. The van der Waals surface area contributed by atoms with E-state index in [0.717, 1.165) is 15.6 Å². The number of rotatable bonds is 5. The molecule has 33 heavy (non-hydrogen) atoms. The first-order valence-electron chi connectivity index (χ1n) is 10.3. The summed E-state index contributed by atoms with van der Waals surface area (Å²) >= 11 is 7.36. The molecule has 1 fully saturated rings. The molecule has 2 aliphatic heterocycles. The lowest BCUT2D eigenvalue weighted by atomic mass is 10.1. The number of hydrogen-bond donors (Lipinski definition) is 0. The van der Waals surface area contributed by atoms with E-state index in [2.05, 4.69) is 4.98 Å². The molecule has 2 aromatic carbocycles. The van der Waals surface area contributed by atoms with Crippen molar-refractivity contribution in [3.05, 3.63) is 64.4 Å². The Morgan fingerprint density at radius 2 is 1.97 bits per heavy atom. The van der Waals surface area contributed by atoms with E-state index in [4.69, 9.17) is 11.6 Å². The highest BCUT2D eigenvalue weighted by molar-refractivity contribution is 7.93. The molecule has 1 amide bonds. The second-order valence-corrected chi connectivity index (χ2v) is 11.1. The highest BCUT2D eigenvalue weighted by Crippen LogP contribution is 2.38. The minimum absolute atomic E-state index is 0. The lowest BCUT2D eigenvalue weighted by Gasteiger charge is -2.26. The molecule has 0 spiro atoms. The van der Waals surface area contributed by atoms with Gasteiger partial charge in [0.15, 0.2) is 5.13 Å². The van der Waals surface area contributed by atoms with E-state index in [1.807, 2.05) is 4.90 Å². The molecular formula is C22H22ClFN4O3S2. The van der Waals surface area contributed by atoms with Gasteiger partial charge >= 0.3 is 0 Å². The molecule has 0 N–H and O–H groups in total. The van der Waals surface area contributed by atoms with Gasteiger partial charge in [-0.1, -0.05) is 11.6 Å². The summed E-state index contributed by atoms with van der Waals surface area (Å²) < 4.78 is 40.7. The van der Waals surface area contributed by atoms with Gasteiger partial charge in [0.1, 0.15) is 11.9 Å². The van der Waals surface area contributed by atoms with Gasteiger partial charge in [0.25, 0.3) is 10.0 Å². The number of carbonyl (C=O) groups excluding carboxylic acids is 1. The molecular weight excluding hydrogens is 487 g/mol. The molecule has 0 bridgehead atoms. The third kappa shape index (κ3) is 3.66. The number of halogens is 2. The largest absolute Gasteiger partial charge is 0.359 e. The van der Waals surface area contributed by atoms with Crippen molar-refractivity contribution in [2.24, 2.45) is 0 Å². The predicted octanol–water partition coefficient (Wildman–Crippen LogP) is 4.17.